The normalized spacial score (nSPS) is 11.9. The molecule has 2 aromatic rings. The van der Waals surface area contributed by atoms with Gasteiger partial charge in [-0.2, -0.15) is 0 Å². The Bertz CT molecular complexity index is 655. The van der Waals surface area contributed by atoms with E-state index in [0.717, 1.165) is 16.9 Å². The molecule has 0 spiro atoms. The molecule has 0 saturated carbocycles. The van der Waals surface area contributed by atoms with Gasteiger partial charge < -0.3 is 16.2 Å². The summed E-state index contributed by atoms with van der Waals surface area (Å²) in [4.78, 5) is 27.2. The average molecular weight is 305 g/mol. The summed E-state index contributed by atoms with van der Waals surface area (Å²) in [7, 11) is 0. The van der Waals surface area contributed by atoms with E-state index in [2.05, 4.69) is 10.3 Å². The van der Waals surface area contributed by atoms with Crippen LogP contribution in [0.25, 0.3) is 0 Å². The fourth-order valence-corrected chi connectivity index (χ4v) is 2.65. The van der Waals surface area contributed by atoms with Crippen LogP contribution in [-0.4, -0.2) is 22.0 Å². The SMILES string of the molecule is Cc1nc(CNC(=O)[C@H](N)c2ccccc2)sc1C(=O)O. The number of thiazole rings is 1. The fourth-order valence-electron chi connectivity index (χ4n) is 1.81. The number of nitrogens with zero attached hydrogens (tertiary/aromatic N) is 1. The molecule has 1 aromatic heterocycles. The van der Waals surface area contributed by atoms with Gasteiger partial charge in [-0.25, -0.2) is 9.78 Å². The average Bonchev–Trinajstić information content (AvgIpc) is 2.86. The number of hydrogen-bond donors (Lipinski definition) is 3. The quantitative estimate of drug-likeness (QED) is 0.775. The Balaban J connectivity index is 1.98. The van der Waals surface area contributed by atoms with Crippen LogP contribution in [0.15, 0.2) is 30.3 Å². The molecule has 1 heterocycles. The summed E-state index contributed by atoms with van der Waals surface area (Å²) in [5.74, 6) is -1.34. The molecule has 6 nitrogen and oxygen atoms in total. The van der Waals surface area contributed by atoms with Gasteiger partial charge in [0.1, 0.15) is 15.9 Å². The highest BCUT2D eigenvalue weighted by atomic mass is 32.1. The second-order valence-corrected chi connectivity index (χ2v) is 5.52. The lowest BCUT2D eigenvalue weighted by Crippen LogP contribution is -2.33. The first kappa shape index (κ1) is 15.1. The maximum atomic E-state index is 12.0. The number of aromatic carboxylic acids is 1. The molecular weight excluding hydrogens is 290 g/mol. The molecule has 110 valence electrons. The molecule has 0 aliphatic carbocycles. The third-order valence-electron chi connectivity index (χ3n) is 2.89. The molecule has 0 saturated heterocycles. The van der Waals surface area contributed by atoms with Crippen LogP contribution in [0.3, 0.4) is 0 Å². The Morgan fingerprint density at radius 2 is 2.05 bits per heavy atom. The molecule has 4 N–H and O–H groups in total. The van der Waals surface area contributed by atoms with E-state index in [1.165, 1.54) is 0 Å². The van der Waals surface area contributed by atoms with Crippen molar-refractivity contribution in [3.8, 4) is 0 Å². The van der Waals surface area contributed by atoms with Crippen LogP contribution >= 0.6 is 11.3 Å². The number of carbonyl (C=O) groups excluding carboxylic acids is 1. The third kappa shape index (κ3) is 3.65. The number of aromatic nitrogens is 1. The van der Waals surface area contributed by atoms with Gasteiger partial charge in [-0.3, -0.25) is 4.79 Å². The van der Waals surface area contributed by atoms with E-state index in [1.807, 2.05) is 18.2 Å². The highest BCUT2D eigenvalue weighted by Gasteiger charge is 2.17. The third-order valence-corrected chi connectivity index (χ3v) is 4.04. The van der Waals surface area contributed by atoms with Gasteiger partial charge in [-0.1, -0.05) is 30.3 Å². The zero-order chi connectivity index (χ0) is 15.4. The molecule has 1 aromatic carbocycles. The van der Waals surface area contributed by atoms with Gasteiger partial charge in [0.15, 0.2) is 0 Å². The van der Waals surface area contributed by atoms with Crippen molar-refractivity contribution in [2.24, 2.45) is 5.73 Å². The molecule has 0 unspecified atom stereocenters. The lowest BCUT2D eigenvalue weighted by Gasteiger charge is -2.11. The Morgan fingerprint density at radius 1 is 1.38 bits per heavy atom. The van der Waals surface area contributed by atoms with Crippen molar-refractivity contribution in [3.63, 3.8) is 0 Å². The van der Waals surface area contributed by atoms with E-state index >= 15 is 0 Å². The van der Waals surface area contributed by atoms with Crippen molar-refractivity contribution in [3.05, 3.63) is 51.5 Å². The first-order chi connectivity index (χ1) is 9.99. The van der Waals surface area contributed by atoms with E-state index in [1.54, 1.807) is 19.1 Å². The second-order valence-electron chi connectivity index (χ2n) is 4.43. The molecule has 0 fully saturated rings. The highest BCUT2D eigenvalue weighted by molar-refractivity contribution is 7.13. The molecule has 7 heteroatoms. The summed E-state index contributed by atoms with van der Waals surface area (Å²) in [5.41, 5.74) is 7.03. The van der Waals surface area contributed by atoms with Crippen molar-refractivity contribution in [2.75, 3.05) is 0 Å². The van der Waals surface area contributed by atoms with E-state index < -0.39 is 12.0 Å². The maximum Gasteiger partial charge on any atom is 0.347 e. The molecule has 2 rings (SSSR count). The summed E-state index contributed by atoms with van der Waals surface area (Å²) in [6, 6.07) is 8.27. The predicted octanol–water partition coefficient (Wildman–Crippen LogP) is 1.47. The lowest BCUT2D eigenvalue weighted by atomic mass is 10.1. The van der Waals surface area contributed by atoms with Crippen LogP contribution in [0.1, 0.15) is 32.0 Å². The number of amides is 1. The molecule has 0 aliphatic heterocycles. The Hall–Kier alpha value is -2.25. The zero-order valence-electron chi connectivity index (χ0n) is 11.4. The molecule has 0 bridgehead atoms. The molecule has 1 atom stereocenters. The number of nitrogens with one attached hydrogen (secondary N) is 1. The van der Waals surface area contributed by atoms with Crippen LogP contribution < -0.4 is 11.1 Å². The van der Waals surface area contributed by atoms with E-state index in [0.29, 0.717) is 10.7 Å². The summed E-state index contributed by atoms with van der Waals surface area (Å²) in [6.07, 6.45) is 0. The smallest absolute Gasteiger partial charge is 0.347 e. The van der Waals surface area contributed by atoms with Crippen molar-refractivity contribution < 1.29 is 14.7 Å². The number of carbonyl (C=O) groups is 2. The van der Waals surface area contributed by atoms with Gasteiger partial charge in [-0.15, -0.1) is 11.3 Å². The zero-order valence-corrected chi connectivity index (χ0v) is 12.2. The summed E-state index contributed by atoms with van der Waals surface area (Å²) in [5, 5.41) is 12.2. The predicted molar refractivity (Wildman–Crippen MR) is 79.0 cm³/mol. The highest BCUT2D eigenvalue weighted by Crippen LogP contribution is 2.18. The number of carboxylic acid groups (broad SMARTS) is 1. The maximum absolute atomic E-state index is 12.0. The van der Waals surface area contributed by atoms with Crippen LogP contribution in [0.2, 0.25) is 0 Å². The lowest BCUT2D eigenvalue weighted by molar-refractivity contribution is -0.122. The molecule has 1 amide bonds. The van der Waals surface area contributed by atoms with Gasteiger partial charge in [0.25, 0.3) is 0 Å². The minimum atomic E-state index is -1.01. The van der Waals surface area contributed by atoms with Crippen molar-refractivity contribution >= 4 is 23.2 Å². The Kier molecular flexibility index (Phi) is 4.66. The van der Waals surface area contributed by atoms with Crippen LogP contribution in [0.4, 0.5) is 0 Å². The van der Waals surface area contributed by atoms with Crippen LogP contribution in [-0.2, 0) is 11.3 Å². The molecular formula is C14H15N3O3S. The van der Waals surface area contributed by atoms with Gasteiger partial charge in [0, 0.05) is 0 Å². The van der Waals surface area contributed by atoms with Crippen molar-refractivity contribution in [2.45, 2.75) is 19.5 Å². The van der Waals surface area contributed by atoms with E-state index in [4.69, 9.17) is 10.8 Å². The van der Waals surface area contributed by atoms with Crippen molar-refractivity contribution in [1.82, 2.24) is 10.3 Å². The van der Waals surface area contributed by atoms with Gasteiger partial charge >= 0.3 is 5.97 Å². The Labute approximate surface area is 125 Å². The number of rotatable bonds is 5. The number of carboxylic acids is 1. The van der Waals surface area contributed by atoms with Crippen LogP contribution in [0.5, 0.6) is 0 Å². The van der Waals surface area contributed by atoms with E-state index in [9.17, 15) is 9.59 Å². The topological polar surface area (TPSA) is 105 Å². The molecule has 0 radical (unpaired) electrons. The number of aryl methyl sites for hydroxylation is 1. The fraction of sp³-hybridized carbons (Fsp3) is 0.214. The number of hydrogen-bond acceptors (Lipinski definition) is 5. The monoisotopic (exact) mass is 305 g/mol. The van der Waals surface area contributed by atoms with Crippen LogP contribution in [0, 0.1) is 6.92 Å². The Morgan fingerprint density at radius 3 is 2.62 bits per heavy atom. The minimum Gasteiger partial charge on any atom is -0.477 e. The standard InChI is InChI=1S/C14H15N3O3S/c1-8-12(14(19)20)21-10(17-8)7-16-13(18)11(15)9-5-3-2-4-6-9/h2-6,11H,7,15H2,1H3,(H,16,18)(H,19,20)/t11-/m1/s1. The summed E-state index contributed by atoms with van der Waals surface area (Å²) >= 11 is 1.05. The minimum absolute atomic E-state index is 0.165. The molecule has 21 heavy (non-hydrogen) atoms. The number of nitrogens with two attached hydrogens (primary N) is 1. The van der Waals surface area contributed by atoms with Gasteiger partial charge in [0.05, 0.1) is 12.2 Å². The molecule has 0 aliphatic rings. The number of benzene rings is 1. The van der Waals surface area contributed by atoms with Gasteiger partial charge in [-0.05, 0) is 12.5 Å². The van der Waals surface area contributed by atoms with Gasteiger partial charge in [0.2, 0.25) is 5.91 Å². The van der Waals surface area contributed by atoms with Crippen molar-refractivity contribution in [1.29, 1.82) is 0 Å². The second kappa shape index (κ2) is 6.47. The first-order valence-electron chi connectivity index (χ1n) is 6.27. The largest absolute Gasteiger partial charge is 0.477 e. The summed E-state index contributed by atoms with van der Waals surface area (Å²) in [6.45, 7) is 1.79. The first-order valence-corrected chi connectivity index (χ1v) is 7.08. The summed E-state index contributed by atoms with van der Waals surface area (Å²) < 4.78 is 0. The van der Waals surface area contributed by atoms with E-state index in [-0.39, 0.29) is 17.3 Å².